The fraction of sp³-hybridized carbons (Fsp3) is 0.643. The van der Waals surface area contributed by atoms with Gasteiger partial charge in [-0.1, -0.05) is 6.92 Å². The van der Waals surface area contributed by atoms with Crippen molar-refractivity contribution < 1.29 is 14.7 Å². The van der Waals surface area contributed by atoms with Crippen LogP contribution < -0.4 is 5.32 Å². The monoisotopic (exact) mass is 294 g/mol. The van der Waals surface area contributed by atoms with Gasteiger partial charge in [0.2, 0.25) is 0 Å². The van der Waals surface area contributed by atoms with Crippen molar-refractivity contribution in [3.8, 4) is 0 Å². The van der Waals surface area contributed by atoms with Crippen molar-refractivity contribution >= 4 is 17.7 Å². The summed E-state index contributed by atoms with van der Waals surface area (Å²) in [5.41, 5.74) is -0.0171. The number of hydrogen-bond acceptors (Lipinski definition) is 3. The lowest BCUT2D eigenvalue weighted by Gasteiger charge is -2.38. The molecule has 7 heteroatoms. The van der Waals surface area contributed by atoms with Crippen LogP contribution in [0.2, 0.25) is 0 Å². The highest BCUT2D eigenvalue weighted by Crippen LogP contribution is 2.35. The van der Waals surface area contributed by atoms with E-state index in [-0.39, 0.29) is 6.03 Å². The third-order valence-electron chi connectivity index (χ3n) is 4.35. The molecule has 7 nitrogen and oxygen atoms in total. The van der Waals surface area contributed by atoms with Gasteiger partial charge in [0.25, 0.3) is 0 Å². The maximum Gasteiger partial charge on any atom is 0.321 e. The lowest BCUT2D eigenvalue weighted by atomic mass is 9.76. The Balaban J connectivity index is 1.92. The molecule has 0 spiro atoms. The van der Waals surface area contributed by atoms with Crippen LogP contribution >= 0.6 is 0 Å². The molecule has 1 fully saturated rings. The Kier molecular flexibility index (Phi) is 4.50. The number of anilines is 1. The Morgan fingerprint density at radius 2 is 2.05 bits per heavy atom. The molecule has 1 aromatic heterocycles. The number of carboxylic acids is 1. The summed E-state index contributed by atoms with van der Waals surface area (Å²) in [6, 6.07) is -0.194. The summed E-state index contributed by atoms with van der Waals surface area (Å²) < 4.78 is 1.73. The Morgan fingerprint density at radius 1 is 1.38 bits per heavy atom. The second-order valence-electron chi connectivity index (χ2n) is 5.44. The van der Waals surface area contributed by atoms with Gasteiger partial charge in [0.15, 0.2) is 0 Å². The van der Waals surface area contributed by atoms with Gasteiger partial charge in [-0.15, -0.1) is 0 Å². The molecule has 1 saturated heterocycles. The summed E-state index contributed by atoms with van der Waals surface area (Å²) in [5, 5.41) is 16.2. The minimum absolute atomic E-state index is 0.194. The molecule has 1 aliphatic heterocycles. The third kappa shape index (κ3) is 3.17. The summed E-state index contributed by atoms with van der Waals surface area (Å²) in [4.78, 5) is 25.2. The topological polar surface area (TPSA) is 87.5 Å². The molecule has 2 heterocycles. The highest BCUT2D eigenvalue weighted by molar-refractivity contribution is 5.89. The molecular formula is C14H22N4O3. The van der Waals surface area contributed by atoms with Crippen molar-refractivity contribution in [1.29, 1.82) is 0 Å². The van der Waals surface area contributed by atoms with E-state index in [2.05, 4.69) is 10.4 Å². The van der Waals surface area contributed by atoms with Crippen molar-refractivity contribution in [2.24, 2.45) is 5.41 Å². The molecule has 0 aromatic carbocycles. The Hall–Kier alpha value is -2.05. The normalized spacial score (nSPS) is 17.5. The first-order valence-corrected chi connectivity index (χ1v) is 7.32. The van der Waals surface area contributed by atoms with Gasteiger partial charge in [-0.2, -0.15) is 5.10 Å². The summed E-state index contributed by atoms with van der Waals surface area (Å²) in [7, 11) is 0. The fourth-order valence-electron chi connectivity index (χ4n) is 2.66. The Bertz CT molecular complexity index is 518. The molecule has 0 aliphatic carbocycles. The highest BCUT2D eigenvalue weighted by atomic mass is 16.4. The number of hydrogen-bond donors (Lipinski definition) is 2. The zero-order valence-corrected chi connectivity index (χ0v) is 12.5. The lowest BCUT2D eigenvalue weighted by Crippen LogP contribution is -2.47. The van der Waals surface area contributed by atoms with Gasteiger partial charge in [-0.25, -0.2) is 4.79 Å². The molecular weight excluding hydrogens is 272 g/mol. The maximum atomic E-state index is 12.2. The number of aromatic nitrogens is 2. The number of likely N-dealkylation sites (tertiary alicyclic amines) is 1. The number of nitrogens with zero attached hydrogens (tertiary/aromatic N) is 3. The number of aryl methyl sites for hydroxylation is 1. The van der Waals surface area contributed by atoms with Crippen LogP contribution in [0, 0.1) is 5.41 Å². The van der Waals surface area contributed by atoms with Crippen molar-refractivity contribution in [3.05, 3.63) is 12.4 Å². The molecule has 0 radical (unpaired) electrons. The smallest absolute Gasteiger partial charge is 0.321 e. The number of carbonyl (C=O) groups excluding carboxylic acids is 1. The van der Waals surface area contributed by atoms with E-state index >= 15 is 0 Å². The van der Waals surface area contributed by atoms with Gasteiger partial charge in [0.05, 0.1) is 17.3 Å². The quantitative estimate of drug-likeness (QED) is 0.889. The third-order valence-corrected chi connectivity index (χ3v) is 4.35. The van der Waals surface area contributed by atoms with Crippen molar-refractivity contribution in [3.63, 3.8) is 0 Å². The molecule has 0 bridgehead atoms. The summed E-state index contributed by atoms with van der Waals surface area (Å²) in [6.07, 6.45) is 4.98. The first-order chi connectivity index (χ1) is 10.0. The van der Waals surface area contributed by atoms with E-state index in [1.807, 2.05) is 13.8 Å². The van der Waals surface area contributed by atoms with Crippen LogP contribution in [0.1, 0.15) is 33.1 Å². The number of aliphatic carboxylic acids is 1. The van der Waals surface area contributed by atoms with E-state index in [9.17, 15) is 14.7 Å². The predicted octanol–water partition coefficient (Wildman–Crippen LogP) is 2.01. The molecule has 0 atom stereocenters. The molecule has 21 heavy (non-hydrogen) atoms. The minimum Gasteiger partial charge on any atom is -0.481 e. The second kappa shape index (κ2) is 6.15. The van der Waals surface area contributed by atoms with Gasteiger partial charge in [0.1, 0.15) is 0 Å². The highest BCUT2D eigenvalue weighted by Gasteiger charge is 2.40. The fourth-order valence-corrected chi connectivity index (χ4v) is 2.66. The van der Waals surface area contributed by atoms with Crippen LogP contribution in [-0.2, 0) is 11.3 Å². The minimum atomic E-state index is -0.755. The van der Waals surface area contributed by atoms with E-state index in [1.54, 1.807) is 22.0 Å². The number of rotatable bonds is 4. The zero-order chi connectivity index (χ0) is 15.5. The number of amides is 2. The van der Waals surface area contributed by atoms with Gasteiger partial charge in [-0.3, -0.25) is 9.48 Å². The molecule has 0 saturated carbocycles. The van der Waals surface area contributed by atoms with E-state index in [0.717, 1.165) is 6.54 Å². The SMILES string of the molecule is CCn1cc(NC(=O)N2CCC(CC)(C(=O)O)CC2)cn1. The van der Waals surface area contributed by atoms with Crippen LogP contribution in [0.3, 0.4) is 0 Å². The Labute approximate surface area is 123 Å². The second-order valence-corrected chi connectivity index (χ2v) is 5.44. The molecule has 1 aromatic rings. The van der Waals surface area contributed by atoms with Gasteiger partial charge < -0.3 is 15.3 Å². The average molecular weight is 294 g/mol. The largest absolute Gasteiger partial charge is 0.481 e. The maximum absolute atomic E-state index is 12.2. The molecule has 1 aliphatic rings. The van der Waals surface area contributed by atoms with Crippen LogP contribution in [0.4, 0.5) is 10.5 Å². The zero-order valence-electron chi connectivity index (χ0n) is 12.5. The molecule has 2 N–H and O–H groups in total. The van der Waals surface area contributed by atoms with Crippen LogP contribution in [0.15, 0.2) is 12.4 Å². The molecule has 2 rings (SSSR count). The molecule has 0 unspecified atom stereocenters. The van der Waals surface area contributed by atoms with E-state index < -0.39 is 11.4 Å². The molecule has 116 valence electrons. The Morgan fingerprint density at radius 3 is 2.52 bits per heavy atom. The van der Waals surface area contributed by atoms with Crippen molar-refractivity contribution in [2.75, 3.05) is 18.4 Å². The van der Waals surface area contributed by atoms with E-state index in [4.69, 9.17) is 0 Å². The van der Waals surface area contributed by atoms with Crippen LogP contribution in [-0.4, -0.2) is 44.9 Å². The standard InChI is InChI=1S/C14H22N4O3/c1-3-14(12(19)20)5-7-17(8-6-14)13(21)16-11-9-15-18(4-2)10-11/h9-10H,3-8H2,1-2H3,(H,16,21)(H,19,20). The number of carboxylic acid groups (broad SMARTS) is 1. The summed E-state index contributed by atoms with van der Waals surface area (Å²) >= 11 is 0. The first-order valence-electron chi connectivity index (χ1n) is 7.32. The number of piperidine rings is 1. The van der Waals surface area contributed by atoms with E-state index in [1.165, 1.54) is 0 Å². The van der Waals surface area contributed by atoms with Crippen molar-refractivity contribution in [1.82, 2.24) is 14.7 Å². The van der Waals surface area contributed by atoms with Gasteiger partial charge in [0, 0.05) is 25.8 Å². The lowest BCUT2D eigenvalue weighted by molar-refractivity contribution is -0.151. The number of urea groups is 1. The van der Waals surface area contributed by atoms with Crippen molar-refractivity contribution in [2.45, 2.75) is 39.7 Å². The first kappa shape index (κ1) is 15.3. The number of nitrogens with one attached hydrogen (secondary N) is 1. The van der Waals surface area contributed by atoms with Crippen LogP contribution in [0.25, 0.3) is 0 Å². The summed E-state index contributed by atoms with van der Waals surface area (Å²) in [6.45, 7) is 5.54. The molecule has 2 amide bonds. The van der Waals surface area contributed by atoms with Gasteiger partial charge in [-0.05, 0) is 26.2 Å². The van der Waals surface area contributed by atoms with Crippen LogP contribution in [0.5, 0.6) is 0 Å². The predicted molar refractivity (Wildman–Crippen MR) is 78.1 cm³/mol. The van der Waals surface area contributed by atoms with Gasteiger partial charge >= 0.3 is 12.0 Å². The summed E-state index contributed by atoms with van der Waals surface area (Å²) in [5.74, 6) is -0.755. The average Bonchev–Trinajstić information content (AvgIpc) is 2.94. The number of carbonyl (C=O) groups is 2. The van der Waals surface area contributed by atoms with E-state index in [0.29, 0.717) is 38.0 Å².